The first-order valence-electron chi connectivity index (χ1n) is 6.26. The minimum Gasteiger partial charge on any atom is -0.338 e. The Bertz CT molecular complexity index is 368. The second-order valence-electron chi connectivity index (χ2n) is 4.65. The van der Waals surface area contributed by atoms with E-state index in [1.54, 1.807) is 4.68 Å². The number of aromatic nitrogens is 2. The number of carbonyl (C=O) groups is 1. The summed E-state index contributed by atoms with van der Waals surface area (Å²) in [6, 6.07) is 0.342. The van der Waals surface area contributed by atoms with Gasteiger partial charge in [-0.15, -0.1) is 0 Å². The molecule has 1 aliphatic rings. The third-order valence-electron chi connectivity index (χ3n) is 3.15. The van der Waals surface area contributed by atoms with Crippen LogP contribution in [0.4, 0.5) is 4.79 Å². The third-order valence-corrected chi connectivity index (χ3v) is 3.15. The molecule has 1 aromatic heterocycles. The summed E-state index contributed by atoms with van der Waals surface area (Å²) in [5, 5.41) is 9.97. The average Bonchev–Trinajstić information content (AvgIpc) is 2.90. The van der Waals surface area contributed by atoms with E-state index in [9.17, 15) is 4.79 Å². The first kappa shape index (κ1) is 12.0. The molecule has 0 unspecified atom stereocenters. The SMILES string of the molecule is Cn1cc(CCNC(=O)NC2CCCC2)cn1. The van der Waals surface area contributed by atoms with E-state index in [1.807, 2.05) is 19.4 Å². The van der Waals surface area contributed by atoms with Crippen molar-refractivity contribution in [3.63, 3.8) is 0 Å². The summed E-state index contributed by atoms with van der Waals surface area (Å²) in [6.07, 6.45) is 9.34. The van der Waals surface area contributed by atoms with Crippen molar-refractivity contribution < 1.29 is 4.79 Å². The molecule has 1 saturated carbocycles. The second kappa shape index (κ2) is 5.70. The van der Waals surface area contributed by atoms with Crippen molar-refractivity contribution in [1.82, 2.24) is 20.4 Å². The molecule has 17 heavy (non-hydrogen) atoms. The molecule has 0 bridgehead atoms. The Kier molecular flexibility index (Phi) is 4.01. The van der Waals surface area contributed by atoms with Crippen LogP contribution in [0.1, 0.15) is 31.2 Å². The Hall–Kier alpha value is -1.52. The summed E-state index contributed by atoms with van der Waals surface area (Å²) in [4.78, 5) is 11.6. The van der Waals surface area contributed by atoms with E-state index in [0.29, 0.717) is 12.6 Å². The monoisotopic (exact) mass is 236 g/mol. The van der Waals surface area contributed by atoms with Gasteiger partial charge in [-0.1, -0.05) is 12.8 Å². The van der Waals surface area contributed by atoms with E-state index in [4.69, 9.17) is 0 Å². The molecule has 5 heteroatoms. The number of rotatable bonds is 4. The van der Waals surface area contributed by atoms with Gasteiger partial charge in [0.1, 0.15) is 0 Å². The van der Waals surface area contributed by atoms with Crippen molar-refractivity contribution >= 4 is 6.03 Å². The van der Waals surface area contributed by atoms with Gasteiger partial charge in [-0.2, -0.15) is 5.10 Å². The van der Waals surface area contributed by atoms with Crippen LogP contribution >= 0.6 is 0 Å². The predicted molar refractivity (Wildman–Crippen MR) is 65.7 cm³/mol. The van der Waals surface area contributed by atoms with E-state index >= 15 is 0 Å². The smallest absolute Gasteiger partial charge is 0.315 e. The van der Waals surface area contributed by atoms with Crippen LogP contribution in [0.15, 0.2) is 12.4 Å². The topological polar surface area (TPSA) is 59.0 Å². The highest BCUT2D eigenvalue weighted by Gasteiger charge is 2.16. The first-order valence-corrected chi connectivity index (χ1v) is 6.26. The van der Waals surface area contributed by atoms with E-state index in [0.717, 1.165) is 24.8 Å². The van der Waals surface area contributed by atoms with Gasteiger partial charge in [0.2, 0.25) is 0 Å². The van der Waals surface area contributed by atoms with Gasteiger partial charge in [0.05, 0.1) is 6.20 Å². The standard InChI is InChI=1S/C12H20N4O/c1-16-9-10(8-14-16)6-7-13-12(17)15-11-4-2-3-5-11/h8-9,11H,2-7H2,1H3,(H2,13,15,17). The fraction of sp³-hybridized carbons (Fsp3) is 0.667. The molecule has 1 fully saturated rings. The molecule has 2 N–H and O–H groups in total. The average molecular weight is 236 g/mol. The summed E-state index contributed by atoms with van der Waals surface area (Å²) >= 11 is 0. The van der Waals surface area contributed by atoms with Crippen molar-refractivity contribution in [3.8, 4) is 0 Å². The van der Waals surface area contributed by atoms with Gasteiger partial charge >= 0.3 is 6.03 Å². The maximum absolute atomic E-state index is 11.6. The molecule has 1 heterocycles. The Morgan fingerprint density at radius 1 is 1.53 bits per heavy atom. The van der Waals surface area contributed by atoms with Gasteiger partial charge in [-0.05, 0) is 24.8 Å². The number of carbonyl (C=O) groups excluding carboxylic acids is 1. The van der Waals surface area contributed by atoms with E-state index in [1.165, 1.54) is 12.8 Å². The quantitative estimate of drug-likeness (QED) is 0.825. The van der Waals surface area contributed by atoms with Crippen LogP contribution in [0, 0.1) is 0 Å². The zero-order valence-electron chi connectivity index (χ0n) is 10.3. The molecule has 0 atom stereocenters. The Labute approximate surface area is 102 Å². The van der Waals surface area contributed by atoms with Gasteiger partial charge in [0.25, 0.3) is 0 Å². The predicted octanol–water partition coefficient (Wildman–Crippen LogP) is 1.20. The fourth-order valence-corrected chi connectivity index (χ4v) is 2.23. The number of nitrogens with zero attached hydrogens (tertiary/aromatic N) is 2. The molecule has 0 aromatic carbocycles. The van der Waals surface area contributed by atoms with Gasteiger partial charge in [0.15, 0.2) is 0 Å². The van der Waals surface area contributed by atoms with Crippen molar-refractivity contribution in [2.45, 2.75) is 38.1 Å². The van der Waals surface area contributed by atoms with E-state index < -0.39 is 0 Å². The molecule has 0 aliphatic heterocycles. The largest absolute Gasteiger partial charge is 0.338 e. The first-order chi connectivity index (χ1) is 8.24. The van der Waals surface area contributed by atoms with E-state index in [2.05, 4.69) is 15.7 Å². The van der Waals surface area contributed by atoms with Crippen LogP contribution in [0.2, 0.25) is 0 Å². The molecule has 2 amide bonds. The van der Waals surface area contributed by atoms with Gasteiger partial charge in [0, 0.05) is 25.8 Å². The number of aryl methyl sites for hydroxylation is 1. The molecule has 0 saturated heterocycles. The summed E-state index contributed by atoms with van der Waals surface area (Å²) in [5.74, 6) is 0. The zero-order chi connectivity index (χ0) is 12.1. The Balaban J connectivity index is 1.62. The lowest BCUT2D eigenvalue weighted by Crippen LogP contribution is -2.41. The third kappa shape index (κ3) is 3.76. The molecule has 1 aliphatic carbocycles. The number of amides is 2. The number of hydrogen-bond acceptors (Lipinski definition) is 2. The second-order valence-corrected chi connectivity index (χ2v) is 4.65. The fourth-order valence-electron chi connectivity index (χ4n) is 2.23. The van der Waals surface area contributed by atoms with Crippen LogP contribution in [0.3, 0.4) is 0 Å². The maximum Gasteiger partial charge on any atom is 0.315 e. The summed E-state index contributed by atoms with van der Waals surface area (Å²) < 4.78 is 1.77. The van der Waals surface area contributed by atoms with Gasteiger partial charge < -0.3 is 10.6 Å². The minimum atomic E-state index is -0.0409. The van der Waals surface area contributed by atoms with Crippen LogP contribution in [-0.2, 0) is 13.5 Å². The van der Waals surface area contributed by atoms with Crippen LogP contribution < -0.4 is 10.6 Å². The molecule has 1 aromatic rings. The van der Waals surface area contributed by atoms with Crippen molar-refractivity contribution in [2.75, 3.05) is 6.54 Å². The normalized spacial score (nSPS) is 16.1. The highest BCUT2D eigenvalue weighted by molar-refractivity contribution is 5.74. The van der Waals surface area contributed by atoms with E-state index in [-0.39, 0.29) is 6.03 Å². The maximum atomic E-state index is 11.6. The number of hydrogen-bond donors (Lipinski definition) is 2. The summed E-state index contributed by atoms with van der Waals surface area (Å²) in [5.41, 5.74) is 1.15. The molecule has 2 rings (SSSR count). The lowest BCUT2D eigenvalue weighted by atomic mass is 10.2. The molecular formula is C12H20N4O. The number of urea groups is 1. The summed E-state index contributed by atoms with van der Waals surface area (Å²) in [6.45, 7) is 0.657. The van der Waals surface area contributed by atoms with Crippen LogP contribution in [-0.4, -0.2) is 28.4 Å². The van der Waals surface area contributed by atoms with Crippen molar-refractivity contribution in [1.29, 1.82) is 0 Å². The molecule has 5 nitrogen and oxygen atoms in total. The van der Waals surface area contributed by atoms with Gasteiger partial charge in [-0.25, -0.2) is 4.79 Å². The van der Waals surface area contributed by atoms with Crippen LogP contribution in [0.25, 0.3) is 0 Å². The molecule has 94 valence electrons. The number of nitrogens with one attached hydrogen (secondary N) is 2. The lowest BCUT2D eigenvalue weighted by molar-refractivity contribution is 0.237. The molecular weight excluding hydrogens is 216 g/mol. The summed E-state index contributed by atoms with van der Waals surface area (Å²) in [7, 11) is 1.89. The van der Waals surface area contributed by atoms with Crippen molar-refractivity contribution in [2.24, 2.45) is 7.05 Å². The lowest BCUT2D eigenvalue weighted by Gasteiger charge is -2.12. The molecule has 0 radical (unpaired) electrons. The Morgan fingerprint density at radius 2 is 2.29 bits per heavy atom. The van der Waals surface area contributed by atoms with Crippen molar-refractivity contribution in [3.05, 3.63) is 18.0 Å². The highest BCUT2D eigenvalue weighted by atomic mass is 16.2. The van der Waals surface area contributed by atoms with Crippen LogP contribution in [0.5, 0.6) is 0 Å². The Morgan fingerprint density at radius 3 is 2.94 bits per heavy atom. The highest BCUT2D eigenvalue weighted by Crippen LogP contribution is 2.17. The van der Waals surface area contributed by atoms with Gasteiger partial charge in [-0.3, -0.25) is 4.68 Å². The molecule has 0 spiro atoms. The zero-order valence-corrected chi connectivity index (χ0v) is 10.3. The minimum absolute atomic E-state index is 0.0409.